The van der Waals surface area contributed by atoms with Gasteiger partial charge in [0, 0.05) is 10.9 Å². The third-order valence-electron chi connectivity index (χ3n) is 1.96. The van der Waals surface area contributed by atoms with Crippen molar-refractivity contribution in [2.75, 3.05) is 0 Å². The Hall–Kier alpha value is -1.50. The van der Waals surface area contributed by atoms with E-state index >= 15 is 0 Å². The molecule has 0 saturated heterocycles. The molecule has 0 unspecified atom stereocenters. The van der Waals surface area contributed by atoms with Gasteiger partial charge < -0.3 is 0 Å². The van der Waals surface area contributed by atoms with Crippen molar-refractivity contribution in [2.24, 2.45) is 0 Å². The lowest BCUT2D eigenvalue weighted by molar-refractivity contribution is -0.137. The molecule has 0 saturated carbocycles. The lowest BCUT2D eigenvalue weighted by Crippen LogP contribution is -2.03. The molecule has 0 aliphatic heterocycles. The first kappa shape index (κ1) is 12.0. The third-order valence-corrected chi connectivity index (χ3v) is 2.85. The van der Waals surface area contributed by atoms with Crippen molar-refractivity contribution in [1.29, 1.82) is 0 Å². The van der Waals surface area contributed by atoms with E-state index in [-0.39, 0.29) is 11.3 Å². The predicted octanol–water partition coefficient (Wildman–Crippen LogP) is 4.11. The van der Waals surface area contributed by atoms with Gasteiger partial charge in [0.15, 0.2) is 16.6 Å². The SMILES string of the molecule is Fc1ccc(-c2csc(C(F)(F)F)n2)cc1F. The van der Waals surface area contributed by atoms with Crippen LogP contribution in [0.1, 0.15) is 5.01 Å². The van der Waals surface area contributed by atoms with Crippen molar-refractivity contribution in [2.45, 2.75) is 6.18 Å². The lowest BCUT2D eigenvalue weighted by Gasteiger charge is -2.00. The first-order valence-electron chi connectivity index (χ1n) is 4.36. The van der Waals surface area contributed by atoms with Gasteiger partial charge in [-0.1, -0.05) is 0 Å². The summed E-state index contributed by atoms with van der Waals surface area (Å²) in [5.74, 6) is -2.18. The van der Waals surface area contributed by atoms with E-state index < -0.39 is 22.8 Å². The highest BCUT2D eigenvalue weighted by molar-refractivity contribution is 7.10. The highest BCUT2D eigenvalue weighted by atomic mass is 32.1. The fourth-order valence-corrected chi connectivity index (χ4v) is 1.89. The summed E-state index contributed by atoms with van der Waals surface area (Å²) in [4.78, 5) is 3.33. The normalized spacial score (nSPS) is 11.8. The molecule has 0 atom stereocenters. The summed E-state index contributed by atoms with van der Waals surface area (Å²) in [6.45, 7) is 0. The Labute approximate surface area is 96.5 Å². The number of thiazole rings is 1. The molecular formula is C10H4F5NS. The average Bonchev–Trinajstić information content (AvgIpc) is 2.70. The van der Waals surface area contributed by atoms with Crippen molar-refractivity contribution in [3.63, 3.8) is 0 Å². The van der Waals surface area contributed by atoms with Crippen LogP contribution < -0.4 is 0 Å². The summed E-state index contributed by atoms with van der Waals surface area (Å²) in [6, 6.07) is 2.83. The van der Waals surface area contributed by atoms with Crippen LogP contribution in [0.3, 0.4) is 0 Å². The van der Waals surface area contributed by atoms with Crippen LogP contribution in [0.15, 0.2) is 23.6 Å². The van der Waals surface area contributed by atoms with Gasteiger partial charge in [-0.2, -0.15) is 13.2 Å². The number of alkyl halides is 3. The topological polar surface area (TPSA) is 12.9 Å². The average molecular weight is 265 g/mol. The zero-order chi connectivity index (χ0) is 12.6. The van der Waals surface area contributed by atoms with Crippen LogP contribution in [-0.2, 0) is 6.18 Å². The molecule has 0 fully saturated rings. The molecule has 2 rings (SSSR count). The van der Waals surface area contributed by atoms with Gasteiger partial charge in [-0.05, 0) is 18.2 Å². The zero-order valence-corrected chi connectivity index (χ0v) is 8.87. The molecule has 0 bridgehead atoms. The molecule has 0 spiro atoms. The van der Waals surface area contributed by atoms with Crippen molar-refractivity contribution in [3.05, 3.63) is 40.2 Å². The Kier molecular flexibility index (Phi) is 2.86. The molecule has 1 aromatic heterocycles. The Bertz CT molecular complexity index is 546. The number of hydrogen-bond donors (Lipinski definition) is 0. The second kappa shape index (κ2) is 4.06. The molecule has 7 heteroatoms. The minimum Gasteiger partial charge on any atom is -0.232 e. The van der Waals surface area contributed by atoms with Gasteiger partial charge in [-0.15, -0.1) is 11.3 Å². The summed E-state index contributed by atoms with van der Waals surface area (Å²) in [6.07, 6.45) is -4.53. The standard InChI is InChI=1S/C10H4F5NS/c11-6-2-1-5(3-7(6)12)8-4-17-9(16-8)10(13,14)15/h1-4H. The number of halogens is 5. The van der Waals surface area contributed by atoms with Gasteiger partial charge in [-0.3, -0.25) is 0 Å². The number of benzene rings is 1. The van der Waals surface area contributed by atoms with Gasteiger partial charge in [0.25, 0.3) is 0 Å². The molecule has 1 nitrogen and oxygen atoms in total. The fourth-order valence-electron chi connectivity index (χ4n) is 1.19. The van der Waals surface area contributed by atoms with Crippen molar-refractivity contribution >= 4 is 11.3 Å². The number of rotatable bonds is 1. The van der Waals surface area contributed by atoms with Crippen molar-refractivity contribution < 1.29 is 22.0 Å². The van der Waals surface area contributed by atoms with E-state index in [0.29, 0.717) is 11.3 Å². The predicted molar refractivity (Wildman–Crippen MR) is 52.5 cm³/mol. The van der Waals surface area contributed by atoms with Crippen LogP contribution in [0.5, 0.6) is 0 Å². The molecule has 2 aromatic rings. The molecular weight excluding hydrogens is 261 g/mol. The van der Waals surface area contributed by atoms with Crippen LogP contribution >= 0.6 is 11.3 Å². The summed E-state index contributed by atoms with van der Waals surface area (Å²) < 4.78 is 62.3. The number of nitrogens with zero attached hydrogens (tertiary/aromatic N) is 1. The van der Waals surface area contributed by atoms with Crippen LogP contribution in [0.2, 0.25) is 0 Å². The lowest BCUT2D eigenvalue weighted by atomic mass is 10.2. The highest BCUT2D eigenvalue weighted by Gasteiger charge is 2.34. The van der Waals surface area contributed by atoms with E-state index in [1.165, 1.54) is 6.07 Å². The van der Waals surface area contributed by atoms with Crippen molar-refractivity contribution in [3.8, 4) is 11.3 Å². The second-order valence-corrected chi connectivity index (χ2v) is 4.02. The van der Waals surface area contributed by atoms with Gasteiger partial charge in [0.05, 0.1) is 5.69 Å². The summed E-state index contributed by atoms with van der Waals surface area (Å²) in [5.41, 5.74) is 0.0804. The minimum atomic E-state index is -4.53. The van der Waals surface area contributed by atoms with Crippen LogP contribution in [-0.4, -0.2) is 4.98 Å². The van der Waals surface area contributed by atoms with Crippen LogP contribution in [0, 0.1) is 11.6 Å². The molecule has 0 aliphatic rings. The molecule has 0 radical (unpaired) electrons. The molecule has 0 N–H and O–H groups in total. The largest absolute Gasteiger partial charge is 0.443 e. The zero-order valence-electron chi connectivity index (χ0n) is 8.05. The van der Waals surface area contributed by atoms with Gasteiger partial charge >= 0.3 is 6.18 Å². The fraction of sp³-hybridized carbons (Fsp3) is 0.100. The highest BCUT2D eigenvalue weighted by Crippen LogP contribution is 2.34. The number of hydrogen-bond acceptors (Lipinski definition) is 2. The summed E-state index contributed by atoms with van der Waals surface area (Å²) >= 11 is 0.409. The first-order chi connectivity index (χ1) is 7.88. The monoisotopic (exact) mass is 265 g/mol. The van der Waals surface area contributed by atoms with E-state index in [2.05, 4.69) is 4.98 Å². The van der Waals surface area contributed by atoms with Gasteiger partial charge in [-0.25, -0.2) is 13.8 Å². The maximum Gasteiger partial charge on any atom is 0.443 e. The minimum absolute atomic E-state index is 0.0266. The second-order valence-electron chi connectivity index (χ2n) is 3.16. The van der Waals surface area contributed by atoms with Crippen LogP contribution in [0.25, 0.3) is 11.3 Å². The van der Waals surface area contributed by atoms with Gasteiger partial charge in [0.2, 0.25) is 0 Å². The smallest absolute Gasteiger partial charge is 0.232 e. The summed E-state index contributed by atoms with van der Waals surface area (Å²) in [7, 11) is 0. The summed E-state index contributed by atoms with van der Waals surface area (Å²) in [5, 5.41) is 0.132. The molecule has 17 heavy (non-hydrogen) atoms. The third kappa shape index (κ3) is 2.44. The van der Waals surface area contributed by atoms with E-state index in [1.807, 2.05) is 0 Å². The Morgan fingerprint density at radius 1 is 1.06 bits per heavy atom. The quantitative estimate of drug-likeness (QED) is 0.707. The van der Waals surface area contributed by atoms with E-state index in [0.717, 1.165) is 17.5 Å². The molecule has 1 heterocycles. The molecule has 0 aliphatic carbocycles. The van der Waals surface area contributed by atoms with E-state index in [4.69, 9.17) is 0 Å². The number of aromatic nitrogens is 1. The molecule has 0 amide bonds. The van der Waals surface area contributed by atoms with Crippen molar-refractivity contribution in [1.82, 2.24) is 4.98 Å². The Morgan fingerprint density at radius 3 is 2.29 bits per heavy atom. The van der Waals surface area contributed by atoms with Crippen LogP contribution in [0.4, 0.5) is 22.0 Å². The van der Waals surface area contributed by atoms with E-state index in [9.17, 15) is 22.0 Å². The Balaban J connectivity index is 2.40. The molecule has 1 aromatic carbocycles. The van der Waals surface area contributed by atoms with E-state index in [1.54, 1.807) is 0 Å². The maximum absolute atomic E-state index is 12.9. The maximum atomic E-state index is 12.9. The van der Waals surface area contributed by atoms with Gasteiger partial charge in [0.1, 0.15) is 0 Å². The molecule has 90 valence electrons. The first-order valence-corrected chi connectivity index (χ1v) is 5.24. The Morgan fingerprint density at radius 2 is 1.76 bits per heavy atom.